The molecule has 0 atom stereocenters. The number of halogens is 1. The van der Waals surface area contributed by atoms with Crippen LogP contribution in [0.3, 0.4) is 0 Å². The van der Waals surface area contributed by atoms with E-state index in [0.717, 1.165) is 77.4 Å². The summed E-state index contributed by atoms with van der Waals surface area (Å²) in [6.45, 7) is 10.4. The summed E-state index contributed by atoms with van der Waals surface area (Å²) >= 11 is 6.23. The predicted octanol–water partition coefficient (Wildman–Crippen LogP) is 7.47. The topological polar surface area (TPSA) is 45.5 Å². The van der Waals surface area contributed by atoms with Crippen molar-refractivity contribution in [2.45, 2.75) is 27.2 Å². The molecule has 0 unspecified atom stereocenters. The van der Waals surface area contributed by atoms with E-state index in [1.165, 1.54) is 5.56 Å². The zero-order valence-electron chi connectivity index (χ0n) is 22.3. The molecule has 3 aromatic rings. The predicted molar refractivity (Wildman–Crippen MR) is 160 cm³/mol. The minimum atomic E-state index is 0.713. The van der Waals surface area contributed by atoms with Crippen molar-refractivity contribution in [1.29, 1.82) is 0 Å². The molecule has 5 rings (SSSR count). The molecule has 0 spiro atoms. The molecule has 1 aliphatic heterocycles. The van der Waals surface area contributed by atoms with Crippen molar-refractivity contribution in [3.63, 3.8) is 0 Å². The molecule has 194 valence electrons. The Morgan fingerprint density at radius 3 is 2.39 bits per heavy atom. The molecular weight excluding hydrogens is 490 g/mol. The van der Waals surface area contributed by atoms with E-state index in [1.54, 1.807) is 0 Å². The molecule has 2 aliphatic rings. The number of rotatable bonds is 9. The van der Waals surface area contributed by atoms with Crippen molar-refractivity contribution < 1.29 is 0 Å². The lowest BCUT2D eigenvalue weighted by Gasteiger charge is -2.20. The molecule has 0 saturated carbocycles. The number of aryl methyl sites for hydroxylation is 1. The van der Waals surface area contributed by atoms with E-state index >= 15 is 0 Å². The normalized spacial score (nSPS) is 12.1. The summed E-state index contributed by atoms with van der Waals surface area (Å²) in [6, 6.07) is 28.9. The van der Waals surface area contributed by atoms with Crippen molar-refractivity contribution >= 4 is 34.0 Å². The molecule has 0 aromatic heterocycles. The summed E-state index contributed by atoms with van der Waals surface area (Å²) in [5, 5.41) is 5.25. The molecule has 0 amide bonds. The monoisotopic (exact) mass is 523 g/mol. The largest absolute Gasteiger partial charge is 0.354 e. The zero-order chi connectivity index (χ0) is 26.5. The molecule has 1 aliphatic carbocycles. The van der Waals surface area contributed by atoms with Gasteiger partial charge in [-0.05, 0) is 93.6 Å². The summed E-state index contributed by atoms with van der Waals surface area (Å²) in [7, 11) is 0. The van der Waals surface area contributed by atoms with Crippen LogP contribution in [0, 0.1) is 6.92 Å². The molecule has 5 nitrogen and oxygen atoms in total. The fourth-order valence-corrected chi connectivity index (χ4v) is 4.89. The van der Waals surface area contributed by atoms with Crippen LogP contribution < -0.4 is 10.7 Å². The van der Waals surface area contributed by atoms with Gasteiger partial charge in [0.15, 0.2) is 0 Å². The lowest BCUT2D eigenvalue weighted by Crippen LogP contribution is -2.24. The second kappa shape index (κ2) is 11.8. The van der Waals surface area contributed by atoms with Crippen LogP contribution in [0.4, 0.5) is 11.4 Å². The van der Waals surface area contributed by atoms with Gasteiger partial charge in [0.25, 0.3) is 0 Å². The van der Waals surface area contributed by atoms with E-state index in [2.05, 4.69) is 84.1 Å². The Bertz CT molecular complexity index is 1550. The van der Waals surface area contributed by atoms with Gasteiger partial charge in [0.1, 0.15) is 0 Å². The van der Waals surface area contributed by atoms with Crippen LogP contribution in [0.1, 0.15) is 25.8 Å². The molecular formula is C32H34ClN5. The summed E-state index contributed by atoms with van der Waals surface area (Å²) in [4.78, 5) is 12.6. The first-order valence-corrected chi connectivity index (χ1v) is 13.7. The number of nitrogens with one attached hydrogen (secondary N) is 1. The van der Waals surface area contributed by atoms with Crippen LogP contribution in [0.25, 0.3) is 28.1 Å². The van der Waals surface area contributed by atoms with E-state index < -0.39 is 0 Å². The maximum absolute atomic E-state index is 6.23. The van der Waals surface area contributed by atoms with Gasteiger partial charge < -0.3 is 14.8 Å². The first kappa shape index (κ1) is 26.0. The zero-order valence-corrected chi connectivity index (χ0v) is 23.0. The van der Waals surface area contributed by atoms with Crippen LogP contribution in [0.5, 0.6) is 0 Å². The first-order valence-electron chi connectivity index (χ1n) is 13.3. The van der Waals surface area contributed by atoms with Crippen LogP contribution in [0.15, 0.2) is 89.9 Å². The maximum atomic E-state index is 6.23. The Labute approximate surface area is 229 Å². The fourth-order valence-electron chi connectivity index (χ4n) is 4.77. The molecule has 3 aromatic carbocycles. The molecule has 1 heterocycles. The first-order chi connectivity index (χ1) is 18.6. The standard InChI is InChI=1S/C32H34ClN5/c1-4-37(5-2)20-8-19-34-28-22-32-30(21-29(28)35-25-15-11-23(3)12-16-25)36-27-9-6-7-10-31(27)38(32)26-17-13-24(33)14-18-26/h6-7,9-18,21-22,35H,4-5,8,19-20H2,1-3H3. The second-order valence-corrected chi connectivity index (χ2v) is 9.96. The Morgan fingerprint density at radius 2 is 1.66 bits per heavy atom. The van der Waals surface area contributed by atoms with Crippen LogP contribution in [0.2, 0.25) is 5.02 Å². The average Bonchev–Trinajstić information content (AvgIpc) is 2.94. The van der Waals surface area contributed by atoms with Crippen LogP contribution in [-0.2, 0) is 0 Å². The molecule has 0 fully saturated rings. The van der Waals surface area contributed by atoms with Gasteiger partial charge in [-0.2, -0.15) is 0 Å². The van der Waals surface area contributed by atoms with Crippen molar-refractivity contribution in [3.05, 3.63) is 101 Å². The molecule has 0 radical (unpaired) electrons. The van der Waals surface area contributed by atoms with Gasteiger partial charge in [0.05, 0.1) is 33.5 Å². The number of nitrogens with zero attached hydrogens (tertiary/aromatic N) is 4. The third kappa shape index (κ3) is 5.74. The SMILES string of the molecule is CCN(CC)CCCN=c1cc2n(-c3ccc(Cl)cc3)c3ccccc3nc-2cc1Nc1ccc(C)cc1. The van der Waals surface area contributed by atoms with E-state index in [0.29, 0.717) is 5.02 Å². The van der Waals surface area contributed by atoms with Crippen LogP contribution in [-0.4, -0.2) is 40.6 Å². The van der Waals surface area contributed by atoms with E-state index in [9.17, 15) is 0 Å². The lowest BCUT2D eigenvalue weighted by atomic mass is 10.1. The van der Waals surface area contributed by atoms with Gasteiger partial charge in [-0.15, -0.1) is 0 Å². The highest BCUT2D eigenvalue weighted by Crippen LogP contribution is 2.30. The number of benzene rings is 4. The summed E-state index contributed by atoms with van der Waals surface area (Å²) in [5.74, 6) is 0. The van der Waals surface area contributed by atoms with Gasteiger partial charge in [-0.3, -0.25) is 4.99 Å². The molecule has 1 N–H and O–H groups in total. The Balaban J connectivity index is 1.67. The van der Waals surface area contributed by atoms with Gasteiger partial charge in [0.2, 0.25) is 0 Å². The van der Waals surface area contributed by atoms with Crippen molar-refractivity contribution in [2.24, 2.45) is 4.99 Å². The third-order valence-corrected chi connectivity index (χ3v) is 7.17. The highest BCUT2D eigenvalue weighted by Gasteiger charge is 2.16. The number of fused-ring (bicyclic) bond motifs is 2. The summed E-state index contributed by atoms with van der Waals surface area (Å²) in [5.41, 5.74) is 8.11. The minimum Gasteiger partial charge on any atom is -0.354 e. The highest BCUT2D eigenvalue weighted by molar-refractivity contribution is 6.30. The highest BCUT2D eigenvalue weighted by atomic mass is 35.5. The van der Waals surface area contributed by atoms with E-state index in [4.69, 9.17) is 21.6 Å². The van der Waals surface area contributed by atoms with Crippen LogP contribution >= 0.6 is 11.6 Å². The van der Waals surface area contributed by atoms with Gasteiger partial charge >= 0.3 is 0 Å². The van der Waals surface area contributed by atoms with Gasteiger partial charge in [-0.1, -0.05) is 55.3 Å². The van der Waals surface area contributed by atoms with E-state index in [-0.39, 0.29) is 0 Å². The van der Waals surface area contributed by atoms with Gasteiger partial charge in [0, 0.05) is 22.9 Å². The second-order valence-electron chi connectivity index (χ2n) is 9.52. The van der Waals surface area contributed by atoms with Crippen molar-refractivity contribution in [2.75, 3.05) is 31.5 Å². The molecule has 6 heteroatoms. The Morgan fingerprint density at radius 1 is 0.921 bits per heavy atom. The maximum Gasteiger partial charge on any atom is 0.0900 e. The van der Waals surface area contributed by atoms with Gasteiger partial charge in [-0.25, -0.2) is 4.98 Å². The number of anilines is 2. The molecule has 0 bridgehead atoms. The van der Waals surface area contributed by atoms with Crippen molar-refractivity contribution in [3.8, 4) is 17.1 Å². The Hall–Kier alpha value is -3.67. The summed E-state index contributed by atoms with van der Waals surface area (Å²) in [6.07, 6.45) is 1.01. The minimum absolute atomic E-state index is 0.713. The van der Waals surface area contributed by atoms with E-state index in [1.807, 2.05) is 36.4 Å². The number of para-hydroxylation sites is 2. The average molecular weight is 524 g/mol. The fraction of sp³-hybridized carbons (Fsp3) is 0.250. The summed E-state index contributed by atoms with van der Waals surface area (Å²) < 4.78 is 2.25. The smallest absolute Gasteiger partial charge is 0.0900 e. The number of hydrogen-bond donors (Lipinski definition) is 1. The number of aromatic nitrogens is 2. The lowest BCUT2D eigenvalue weighted by molar-refractivity contribution is 0.301. The molecule has 38 heavy (non-hydrogen) atoms. The van der Waals surface area contributed by atoms with Crippen molar-refractivity contribution in [1.82, 2.24) is 14.5 Å². The Kier molecular flexibility index (Phi) is 8.06. The third-order valence-electron chi connectivity index (χ3n) is 6.92. The quantitative estimate of drug-likeness (QED) is 0.161. The molecule has 0 saturated heterocycles. The number of hydrogen-bond acceptors (Lipinski definition) is 4.